The van der Waals surface area contributed by atoms with E-state index in [9.17, 15) is 9.59 Å². The number of rotatable bonds is 2. The molecule has 78 valence electrons. The van der Waals surface area contributed by atoms with E-state index in [4.69, 9.17) is 20.4 Å². The quantitative estimate of drug-likeness (QED) is 0.496. The van der Waals surface area contributed by atoms with Gasteiger partial charge in [0.15, 0.2) is 0 Å². The Morgan fingerprint density at radius 1 is 1.07 bits per heavy atom. The maximum Gasteiger partial charge on any atom is 0.336 e. The van der Waals surface area contributed by atoms with Gasteiger partial charge in [0, 0.05) is 0 Å². The number of nitrogens with one attached hydrogen (secondary N) is 1. The molecule has 0 spiro atoms. The number of carbonyl (C=O) groups excluding carboxylic acids is 1. The molecule has 0 aromatic heterocycles. The van der Waals surface area contributed by atoms with Gasteiger partial charge in [0.2, 0.25) is 6.08 Å². The Kier molecular flexibility index (Phi) is 5.07. The maximum atomic E-state index is 10.5. The molecule has 0 aliphatic carbocycles. The number of hydrogen-bond donors (Lipinski definition) is 3. The molecule has 15 heavy (non-hydrogen) atoms. The molecular weight excluding hydrogens is 202 g/mol. The smallest absolute Gasteiger partial charge is 0.336 e. The van der Waals surface area contributed by atoms with E-state index in [2.05, 4.69) is 0 Å². The Balaban J connectivity index is 0.000000583. The third-order valence-electron chi connectivity index (χ3n) is 1.39. The summed E-state index contributed by atoms with van der Waals surface area (Å²) in [7, 11) is 0. The topological polar surface area (TPSA) is 116 Å². The molecule has 1 aromatic rings. The number of hydrogen-bond acceptors (Lipinski definition) is 4. The molecule has 0 heterocycles. The molecule has 0 amide bonds. The highest BCUT2D eigenvalue weighted by atomic mass is 16.4. The van der Waals surface area contributed by atoms with Gasteiger partial charge in [-0.05, 0) is 12.1 Å². The van der Waals surface area contributed by atoms with Crippen LogP contribution in [0.2, 0.25) is 0 Å². The van der Waals surface area contributed by atoms with Gasteiger partial charge in [-0.15, -0.1) is 0 Å². The van der Waals surface area contributed by atoms with Crippen LogP contribution in [0.1, 0.15) is 20.7 Å². The Bertz CT molecular complexity index is 374. The van der Waals surface area contributed by atoms with E-state index >= 15 is 0 Å². The Hall–Kier alpha value is -2.46. The van der Waals surface area contributed by atoms with E-state index in [1.54, 1.807) is 0 Å². The summed E-state index contributed by atoms with van der Waals surface area (Å²) in [5, 5.41) is 22.5. The molecule has 0 atom stereocenters. The lowest BCUT2D eigenvalue weighted by Gasteiger charge is -1.98. The molecule has 6 heteroatoms. The number of carboxylic acids is 2. The highest BCUT2D eigenvalue weighted by molar-refractivity contribution is 6.01. The summed E-state index contributed by atoms with van der Waals surface area (Å²) in [5.74, 6) is -2.46. The van der Waals surface area contributed by atoms with E-state index < -0.39 is 11.9 Å². The second-order valence-electron chi connectivity index (χ2n) is 2.26. The fourth-order valence-corrected chi connectivity index (χ4v) is 0.856. The molecule has 0 unspecified atom stereocenters. The van der Waals surface area contributed by atoms with Gasteiger partial charge >= 0.3 is 11.9 Å². The summed E-state index contributed by atoms with van der Waals surface area (Å²) >= 11 is 0. The van der Waals surface area contributed by atoms with Crippen LogP contribution in [0.4, 0.5) is 0 Å². The van der Waals surface area contributed by atoms with E-state index in [1.807, 2.05) is 0 Å². The minimum Gasteiger partial charge on any atom is -0.478 e. The van der Waals surface area contributed by atoms with E-state index in [1.165, 1.54) is 24.3 Å². The summed E-state index contributed by atoms with van der Waals surface area (Å²) in [6.45, 7) is 0. The van der Waals surface area contributed by atoms with Crippen molar-refractivity contribution in [3.05, 3.63) is 35.4 Å². The minimum atomic E-state index is -1.23. The molecule has 0 radical (unpaired) electrons. The molecule has 0 fully saturated rings. The first-order valence-electron chi connectivity index (χ1n) is 3.64. The lowest BCUT2D eigenvalue weighted by Crippen LogP contribution is -2.06. The average molecular weight is 209 g/mol. The standard InChI is InChI=1S/C8H6O4.CHNO/c9-7(10)5-3-1-2-4-6(5)8(11)12;2-1-3/h1-4H,(H,9,10)(H,11,12);2H. The minimum absolute atomic E-state index is 0.190. The van der Waals surface area contributed by atoms with E-state index in [0.717, 1.165) is 6.08 Å². The normalized spacial score (nSPS) is 8.00. The van der Waals surface area contributed by atoms with Crippen molar-refractivity contribution in [3.8, 4) is 0 Å². The molecule has 0 aliphatic rings. The van der Waals surface area contributed by atoms with Gasteiger partial charge in [0.05, 0.1) is 11.1 Å². The van der Waals surface area contributed by atoms with Crippen LogP contribution in [0.3, 0.4) is 0 Å². The maximum absolute atomic E-state index is 10.5. The fraction of sp³-hybridized carbons (Fsp3) is 0. The summed E-state index contributed by atoms with van der Waals surface area (Å²) < 4.78 is 0. The summed E-state index contributed by atoms with van der Waals surface area (Å²) in [6.07, 6.45) is 0.750. The molecule has 1 rings (SSSR count). The summed E-state index contributed by atoms with van der Waals surface area (Å²) in [4.78, 5) is 29.3. The third-order valence-corrected chi connectivity index (χ3v) is 1.39. The van der Waals surface area contributed by atoms with Crippen molar-refractivity contribution < 1.29 is 24.6 Å². The molecule has 0 aliphatic heterocycles. The van der Waals surface area contributed by atoms with Crippen LogP contribution in [0, 0.1) is 5.41 Å². The van der Waals surface area contributed by atoms with Crippen molar-refractivity contribution in [2.24, 2.45) is 0 Å². The van der Waals surface area contributed by atoms with Gasteiger partial charge < -0.3 is 10.2 Å². The molecular formula is C9H7NO5. The Morgan fingerprint density at radius 2 is 1.33 bits per heavy atom. The predicted octanol–water partition coefficient (Wildman–Crippen LogP) is 0.984. The second-order valence-corrected chi connectivity index (χ2v) is 2.26. The van der Waals surface area contributed by atoms with Crippen molar-refractivity contribution in [1.29, 1.82) is 5.41 Å². The predicted molar refractivity (Wildman–Crippen MR) is 48.8 cm³/mol. The first-order chi connectivity index (χ1) is 7.04. The van der Waals surface area contributed by atoms with Crippen LogP contribution < -0.4 is 0 Å². The SMILES string of the molecule is N=C=O.O=C(O)c1ccccc1C(=O)O. The number of isocyanates is 1. The van der Waals surface area contributed by atoms with E-state index in [-0.39, 0.29) is 11.1 Å². The molecule has 0 saturated carbocycles. The molecule has 0 saturated heterocycles. The largest absolute Gasteiger partial charge is 0.478 e. The van der Waals surface area contributed by atoms with Crippen LogP contribution in [0.25, 0.3) is 0 Å². The van der Waals surface area contributed by atoms with Crippen LogP contribution in [-0.2, 0) is 4.79 Å². The van der Waals surface area contributed by atoms with E-state index in [0.29, 0.717) is 0 Å². The van der Waals surface area contributed by atoms with Gasteiger partial charge in [-0.25, -0.2) is 19.8 Å². The van der Waals surface area contributed by atoms with Crippen molar-refractivity contribution in [3.63, 3.8) is 0 Å². The fourth-order valence-electron chi connectivity index (χ4n) is 0.856. The van der Waals surface area contributed by atoms with Crippen molar-refractivity contribution in [1.82, 2.24) is 0 Å². The average Bonchev–Trinajstić information content (AvgIpc) is 2.19. The lowest BCUT2D eigenvalue weighted by molar-refractivity contribution is 0.0651. The van der Waals surface area contributed by atoms with Gasteiger partial charge in [-0.2, -0.15) is 0 Å². The van der Waals surface area contributed by atoms with Crippen LogP contribution in [0.15, 0.2) is 24.3 Å². The third kappa shape index (κ3) is 3.84. The van der Waals surface area contributed by atoms with Gasteiger partial charge in [0.1, 0.15) is 0 Å². The summed E-state index contributed by atoms with van der Waals surface area (Å²) in [5.41, 5.74) is -0.380. The number of benzene rings is 1. The van der Waals surface area contributed by atoms with Crippen LogP contribution >= 0.6 is 0 Å². The number of carbonyl (C=O) groups is 2. The first kappa shape index (κ1) is 12.5. The second kappa shape index (κ2) is 6.06. The highest BCUT2D eigenvalue weighted by Gasteiger charge is 2.13. The van der Waals surface area contributed by atoms with Crippen molar-refractivity contribution in [2.75, 3.05) is 0 Å². The van der Waals surface area contributed by atoms with Gasteiger partial charge in [-0.1, -0.05) is 12.1 Å². The van der Waals surface area contributed by atoms with Crippen molar-refractivity contribution in [2.45, 2.75) is 0 Å². The lowest BCUT2D eigenvalue weighted by atomic mass is 10.1. The van der Waals surface area contributed by atoms with Gasteiger partial charge in [0.25, 0.3) is 0 Å². The number of carboxylic acid groups (broad SMARTS) is 2. The zero-order valence-corrected chi connectivity index (χ0v) is 7.43. The molecule has 0 bridgehead atoms. The van der Waals surface area contributed by atoms with Crippen molar-refractivity contribution >= 4 is 18.0 Å². The van der Waals surface area contributed by atoms with Gasteiger partial charge in [-0.3, -0.25) is 0 Å². The Morgan fingerprint density at radius 3 is 1.53 bits per heavy atom. The first-order valence-corrected chi connectivity index (χ1v) is 3.64. The zero-order chi connectivity index (χ0) is 11.8. The zero-order valence-electron chi connectivity index (χ0n) is 7.43. The Labute approximate surface area is 84.3 Å². The highest BCUT2D eigenvalue weighted by Crippen LogP contribution is 2.07. The monoisotopic (exact) mass is 209 g/mol. The van der Waals surface area contributed by atoms with Crippen LogP contribution in [-0.4, -0.2) is 28.2 Å². The molecule has 3 N–H and O–H groups in total. The number of aromatic carboxylic acids is 2. The molecule has 6 nitrogen and oxygen atoms in total. The molecule has 1 aromatic carbocycles. The van der Waals surface area contributed by atoms with Crippen LogP contribution in [0.5, 0.6) is 0 Å². The summed E-state index contributed by atoms with van der Waals surface area (Å²) in [6, 6.07) is 5.48.